The molecule has 0 saturated carbocycles. The molecule has 2 aromatic rings. The molecule has 1 fully saturated rings. The molecule has 1 saturated heterocycles. The topological polar surface area (TPSA) is 75.4 Å². The van der Waals surface area contributed by atoms with Crippen molar-refractivity contribution in [3.05, 3.63) is 23.0 Å². The lowest BCUT2D eigenvalue weighted by Crippen LogP contribution is -2.27. The van der Waals surface area contributed by atoms with Gasteiger partial charge in [0.25, 0.3) is 5.91 Å². The van der Waals surface area contributed by atoms with Crippen molar-refractivity contribution >= 4 is 46.0 Å². The second kappa shape index (κ2) is 8.26. The third-order valence-electron chi connectivity index (χ3n) is 5.34. The number of aromatic nitrogens is 3. The third kappa shape index (κ3) is 3.73. The second-order valence-corrected chi connectivity index (χ2v) is 8.29. The molecule has 28 heavy (non-hydrogen) atoms. The van der Waals surface area contributed by atoms with Crippen molar-refractivity contribution < 1.29 is 4.79 Å². The summed E-state index contributed by atoms with van der Waals surface area (Å²) in [5, 5.41) is 8.84. The standard InChI is InChI=1S/C20H26N6OS/c1-21-19-16(24-18(28-19)14-9-5-6-10-14)17(27)23-15-13-22-25(2)20(15)26-11-7-3-4-8-12-26/h9,13H,1,3-8,10-12H2,2H3,(H,23,27). The van der Waals surface area contributed by atoms with E-state index in [2.05, 4.69) is 38.1 Å². The number of nitrogens with one attached hydrogen (secondary N) is 1. The first-order valence-corrected chi connectivity index (χ1v) is 10.7. The average Bonchev–Trinajstić information content (AvgIpc) is 3.39. The van der Waals surface area contributed by atoms with Crippen LogP contribution < -0.4 is 10.2 Å². The van der Waals surface area contributed by atoms with E-state index in [1.807, 2.05) is 11.7 Å². The fourth-order valence-corrected chi connectivity index (χ4v) is 4.86. The zero-order chi connectivity index (χ0) is 19.5. The molecule has 2 aliphatic rings. The summed E-state index contributed by atoms with van der Waals surface area (Å²) in [5.74, 6) is 0.699. The van der Waals surface area contributed by atoms with Gasteiger partial charge in [-0.25, -0.2) is 4.98 Å². The molecule has 8 heteroatoms. The molecule has 0 atom stereocenters. The van der Waals surface area contributed by atoms with E-state index in [1.165, 1.54) is 29.8 Å². The molecule has 1 amide bonds. The molecule has 0 bridgehead atoms. The largest absolute Gasteiger partial charge is 0.355 e. The molecule has 0 unspecified atom stereocenters. The van der Waals surface area contributed by atoms with Gasteiger partial charge in [-0.1, -0.05) is 30.3 Å². The van der Waals surface area contributed by atoms with E-state index in [0.29, 0.717) is 10.7 Å². The van der Waals surface area contributed by atoms with Crippen LogP contribution in [0.4, 0.5) is 16.5 Å². The van der Waals surface area contributed by atoms with Crippen LogP contribution in [0.25, 0.3) is 5.57 Å². The molecular weight excluding hydrogens is 372 g/mol. The predicted molar refractivity (Wildman–Crippen MR) is 115 cm³/mol. The molecular formula is C20H26N6OS. The number of hydrogen-bond acceptors (Lipinski definition) is 6. The fourth-order valence-electron chi connectivity index (χ4n) is 3.93. The number of anilines is 2. The first-order valence-electron chi connectivity index (χ1n) is 9.92. The minimum atomic E-state index is -0.257. The number of nitrogens with zero attached hydrogens (tertiary/aromatic N) is 5. The quantitative estimate of drug-likeness (QED) is 0.757. The monoisotopic (exact) mass is 398 g/mol. The van der Waals surface area contributed by atoms with E-state index in [4.69, 9.17) is 0 Å². The Labute approximate surface area is 169 Å². The zero-order valence-corrected chi connectivity index (χ0v) is 17.1. The van der Waals surface area contributed by atoms with Crippen LogP contribution >= 0.6 is 11.3 Å². The SMILES string of the molecule is C=Nc1sc(C2=CCCC2)nc1C(=O)Nc1cnn(C)c1N1CCCCCC1. The van der Waals surface area contributed by atoms with Gasteiger partial charge in [-0.15, -0.1) is 0 Å². The van der Waals surface area contributed by atoms with Gasteiger partial charge < -0.3 is 10.2 Å². The van der Waals surface area contributed by atoms with Crippen LogP contribution in [0.1, 0.15) is 60.4 Å². The molecule has 2 aromatic heterocycles. The zero-order valence-electron chi connectivity index (χ0n) is 16.3. The number of carbonyl (C=O) groups excluding carboxylic acids is 1. The van der Waals surface area contributed by atoms with Gasteiger partial charge in [0.15, 0.2) is 11.5 Å². The van der Waals surface area contributed by atoms with E-state index in [0.717, 1.165) is 61.7 Å². The minimum Gasteiger partial charge on any atom is -0.355 e. The molecule has 4 rings (SSSR count). The molecule has 7 nitrogen and oxygen atoms in total. The molecule has 1 aliphatic carbocycles. The van der Waals surface area contributed by atoms with Crippen LogP contribution in [0.15, 0.2) is 17.3 Å². The van der Waals surface area contributed by atoms with E-state index in [9.17, 15) is 4.79 Å². The van der Waals surface area contributed by atoms with Gasteiger partial charge in [0.05, 0.1) is 6.20 Å². The van der Waals surface area contributed by atoms with Gasteiger partial charge in [-0.05, 0) is 44.4 Å². The van der Waals surface area contributed by atoms with E-state index in [1.54, 1.807) is 6.20 Å². The molecule has 148 valence electrons. The van der Waals surface area contributed by atoms with Crippen LogP contribution in [-0.2, 0) is 7.05 Å². The van der Waals surface area contributed by atoms with E-state index >= 15 is 0 Å². The first kappa shape index (κ1) is 18.9. The summed E-state index contributed by atoms with van der Waals surface area (Å²) in [5.41, 5.74) is 2.27. The summed E-state index contributed by atoms with van der Waals surface area (Å²) in [7, 11) is 1.92. The third-order valence-corrected chi connectivity index (χ3v) is 6.41. The highest BCUT2D eigenvalue weighted by atomic mass is 32.1. The Bertz CT molecular complexity index is 904. The van der Waals surface area contributed by atoms with Crippen molar-refractivity contribution in [1.29, 1.82) is 0 Å². The van der Waals surface area contributed by atoms with Crippen molar-refractivity contribution in [3.8, 4) is 0 Å². The van der Waals surface area contributed by atoms with Crippen LogP contribution in [0.2, 0.25) is 0 Å². The Kier molecular flexibility index (Phi) is 5.57. The van der Waals surface area contributed by atoms with E-state index < -0.39 is 0 Å². The number of aliphatic imine (C=N–C) groups is 1. The Balaban J connectivity index is 1.58. The predicted octanol–water partition coefficient (Wildman–Crippen LogP) is 4.41. The highest BCUT2D eigenvalue weighted by Crippen LogP contribution is 2.37. The number of thiazole rings is 1. The van der Waals surface area contributed by atoms with Crippen LogP contribution in [0.3, 0.4) is 0 Å². The smallest absolute Gasteiger partial charge is 0.277 e. The van der Waals surface area contributed by atoms with E-state index in [-0.39, 0.29) is 5.91 Å². The lowest BCUT2D eigenvalue weighted by atomic mass is 10.2. The van der Waals surface area contributed by atoms with Crippen LogP contribution in [0.5, 0.6) is 0 Å². The Morgan fingerprint density at radius 3 is 2.71 bits per heavy atom. The lowest BCUT2D eigenvalue weighted by molar-refractivity contribution is 0.102. The molecule has 0 spiro atoms. The Morgan fingerprint density at radius 1 is 1.25 bits per heavy atom. The van der Waals surface area contributed by atoms with Gasteiger partial charge in [-0.3, -0.25) is 14.5 Å². The molecule has 1 aliphatic heterocycles. The maximum absolute atomic E-state index is 13.0. The van der Waals surface area contributed by atoms with Gasteiger partial charge in [0.2, 0.25) is 0 Å². The van der Waals surface area contributed by atoms with Gasteiger partial charge in [-0.2, -0.15) is 5.10 Å². The van der Waals surface area contributed by atoms with Crippen molar-refractivity contribution in [2.45, 2.75) is 44.9 Å². The van der Waals surface area contributed by atoms with Crippen molar-refractivity contribution in [2.24, 2.45) is 12.0 Å². The summed E-state index contributed by atoms with van der Waals surface area (Å²) in [4.78, 5) is 24.0. The first-order chi connectivity index (χ1) is 13.7. The van der Waals surface area contributed by atoms with Gasteiger partial charge >= 0.3 is 0 Å². The Hall–Kier alpha value is -2.48. The van der Waals surface area contributed by atoms with Gasteiger partial charge in [0.1, 0.15) is 15.7 Å². The lowest BCUT2D eigenvalue weighted by Gasteiger charge is -2.23. The molecule has 0 radical (unpaired) electrons. The minimum absolute atomic E-state index is 0.257. The number of aryl methyl sites for hydroxylation is 1. The fraction of sp³-hybridized carbons (Fsp3) is 0.500. The van der Waals surface area contributed by atoms with Crippen LogP contribution in [-0.4, -0.2) is 40.5 Å². The summed E-state index contributed by atoms with van der Waals surface area (Å²) >= 11 is 1.44. The number of carbonyl (C=O) groups is 1. The number of allylic oxidation sites excluding steroid dienone is 2. The van der Waals surface area contributed by atoms with Crippen molar-refractivity contribution in [2.75, 3.05) is 23.3 Å². The van der Waals surface area contributed by atoms with Crippen molar-refractivity contribution in [1.82, 2.24) is 14.8 Å². The number of hydrogen-bond donors (Lipinski definition) is 1. The average molecular weight is 399 g/mol. The summed E-state index contributed by atoms with van der Waals surface area (Å²) in [6, 6.07) is 0. The molecule has 3 heterocycles. The maximum Gasteiger partial charge on any atom is 0.277 e. The maximum atomic E-state index is 13.0. The highest BCUT2D eigenvalue weighted by Gasteiger charge is 2.24. The summed E-state index contributed by atoms with van der Waals surface area (Å²) in [6.07, 6.45) is 12.0. The summed E-state index contributed by atoms with van der Waals surface area (Å²) < 4.78 is 1.84. The number of amides is 1. The molecule has 0 aromatic carbocycles. The number of rotatable bonds is 5. The Morgan fingerprint density at radius 2 is 2.04 bits per heavy atom. The molecule has 1 N–H and O–H groups in total. The van der Waals surface area contributed by atoms with Crippen LogP contribution in [0, 0.1) is 0 Å². The normalized spacial score (nSPS) is 17.3. The van der Waals surface area contributed by atoms with Crippen molar-refractivity contribution in [3.63, 3.8) is 0 Å². The van der Waals surface area contributed by atoms with Gasteiger partial charge in [0, 0.05) is 20.1 Å². The second-order valence-electron chi connectivity index (χ2n) is 7.31. The highest BCUT2D eigenvalue weighted by molar-refractivity contribution is 7.16. The summed E-state index contributed by atoms with van der Waals surface area (Å²) in [6.45, 7) is 5.59.